The fraction of sp³-hybridized carbons (Fsp3) is 0.357. The number of aryl methyl sites for hydroxylation is 1. The molecule has 88 valence electrons. The monoisotopic (exact) mass is 227 g/mol. The first-order valence-electron chi connectivity index (χ1n) is 5.87. The number of hydrogen-bond donors (Lipinski definition) is 1. The van der Waals surface area contributed by atoms with Gasteiger partial charge in [0.15, 0.2) is 0 Å². The van der Waals surface area contributed by atoms with Gasteiger partial charge in [0.2, 0.25) is 0 Å². The van der Waals surface area contributed by atoms with E-state index in [1.165, 1.54) is 10.9 Å². The van der Waals surface area contributed by atoms with Crippen molar-refractivity contribution in [3.63, 3.8) is 0 Å². The third-order valence-electron chi connectivity index (χ3n) is 2.80. The van der Waals surface area contributed by atoms with Gasteiger partial charge in [0, 0.05) is 25.4 Å². The molecule has 1 aromatic carbocycles. The van der Waals surface area contributed by atoms with Gasteiger partial charge in [-0.15, -0.1) is 12.3 Å². The number of fused-ring (bicyclic) bond motifs is 1. The zero-order chi connectivity index (χ0) is 12.1. The number of nitrogens with zero attached hydrogens (tertiary/aromatic N) is 2. The van der Waals surface area contributed by atoms with Gasteiger partial charge in [-0.1, -0.05) is 18.2 Å². The van der Waals surface area contributed by atoms with Gasteiger partial charge in [0.25, 0.3) is 0 Å². The van der Waals surface area contributed by atoms with Gasteiger partial charge in [0.1, 0.15) is 0 Å². The number of para-hydroxylation sites is 1. The molecular weight excluding hydrogens is 210 g/mol. The van der Waals surface area contributed by atoms with Gasteiger partial charge in [-0.3, -0.25) is 4.68 Å². The fourth-order valence-electron chi connectivity index (χ4n) is 1.94. The Labute approximate surface area is 102 Å². The standard InChI is InChI=1S/C14H17N3/c1-3-4-7-10-15-11-13-12-8-5-6-9-14(12)17(2)16-13/h1,5-6,8-9,15H,4,7,10-11H2,2H3. The molecule has 0 aliphatic heterocycles. The zero-order valence-electron chi connectivity index (χ0n) is 10.1. The Morgan fingerprint density at radius 1 is 1.41 bits per heavy atom. The summed E-state index contributed by atoms with van der Waals surface area (Å²) in [6, 6.07) is 8.28. The van der Waals surface area contributed by atoms with Crippen LogP contribution < -0.4 is 5.32 Å². The molecule has 0 unspecified atom stereocenters. The molecule has 0 fully saturated rings. The van der Waals surface area contributed by atoms with E-state index >= 15 is 0 Å². The molecule has 0 saturated heterocycles. The highest BCUT2D eigenvalue weighted by molar-refractivity contribution is 5.81. The van der Waals surface area contributed by atoms with Gasteiger partial charge >= 0.3 is 0 Å². The number of benzene rings is 1. The highest BCUT2D eigenvalue weighted by atomic mass is 15.3. The predicted octanol–water partition coefficient (Wildman–Crippen LogP) is 2.08. The lowest BCUT2D eigenvalue weighted by Crippen LogP contribution is -2.15. The molecule has 0 saturated carbocycles. The fourth-order valence-corrected chi connectivity index (χ4v) is 1.94. The molecule has 3 heteroatoms. The first-order chi connectivity index (χ1) is 8.33. The van der Waals surface area contributed by atoms with Crippen LogP contribution in [0, 0.1) is 12.3 Å². The average Bonchev–Trinajstić information content (AvgIpc) is 2.67. The van der Waals surface area contributed by atoms with Crippen LogP contribution in [0.4, 0.5) is 0 Å². The van der Waals surface area contributed by atoms with Gasteiger partial charge < -0.3 is 5.32 Å². The van der Waals surface area contributed by atoms with Crippen LogP contribution in [0.25, 0.3) is 10.9 Å². The molecule has 2 rings (SSSR count). The molecule has 17 heavy (non-hydrogen) atoms. The van der Waals surface area contributed by atoms with Crippen molar-refractivity contribution in [2.75, 3.05) is 6.54 Å². The molecule has 1 N–H and O–H groups in total. The molecule has 2 aromatic rings. The lowest BCUT2D eigenvalue weighted by Gasteiger charge is -2.00. The van der Waals surface area contributed by atoms with E-state index in [1.54, 1.807) is 0 Å². The van der Waals surface area contributed by atoms with Crippen LogP contribution >= 0.6 is 0 Å². The Morgan fingerprint density at radius 2 is 2.24 bits per heavy atom. The quantitative estimate of drug-likeness (QED) is 0.626. The van der Waals surface area contributed by atoms with Crippen molar-refractivity contribution in [3.8, 4) is 12.3 Å². The van der Waals surface area contributed by atoms with Crippen molar-refractivity contribution >= 4 is 10.9 Å². The van der Waals surface area contributed by atoms with Crippen LogP contribution in [0.3, 0.4) is 0 Å². The summed E-state index contributed by atoms with van der Waals surface area (Å²) in [6.45, 7) is 1.74. The maximum absolute atomic E-state index is 5.21. The van der Waals surface area contributed by atoms with E-state index < -0.39 is 0 Å². The van der Waals surface area contributed by atoms with Crippen molar-refractivity contribution in [1.82, 2.24) is 15.1 Å². The van der Waals surface area contributed by atoms with Crippen molar-refractivity contribution in [2.45, 2.75) is 19.4 Å². The minimum absolute atomic E-state index is 0.798. The van der Waals surface area contributed by atoms with Crippen LogP contribution in [0.1, 0.15) is 18.5 Å². The molecule has 0 aliphatic carbocycles. The van der Waals surface area contributed by atoms with Crippen molar-refractivity contribution in [2.24, 2.45) is 7.05 Å². The van der Waals surface area contributed by atoms with Crippen molar-refractivity contribution in [3.05, 3.63) is 30.0 Å². The molecule has 0 aliphatic rings. The van der Waals surface area contributed by atoms with E-state index in [0.29, 0.717) is 0 Å². The predicted molar refractivity (Wildman–Crippen MR) is 70.5 cm³/mol. The summed E-state index contributed by atoms with van der Waals surface area (Å²) in [7, 11) is 1.98. The zero-order valence-corrected chi connectivity index (χ0v) is 10.1. The Morgan fingerprint density at radius 3 is 3.06 bits per heavy atom. The summed E-state index contributed by atoms with van der Waals surface area (Å²) in [5.41, 5.74) is 2.27. The van der Waals surface area contributed by atoms with Crippen LogP contribution in [0.15, 0.2) is 24.3 Å². The molecule has 0 bridgehead atoms. The van der Waals surface area contributed by atoms with E-state index in [-0.39, 0.29) is 0 Å². The van der Waals surface area contributed by atoms with Crippen LogP contribution in [0.5, 0.6) is 0 Å². The Kier molecular flexibility index (Phi) is 3.79. The summed E-state index contributed by atoms with van der Waals surface area (Å²) in [4.78, 5) is 0. The minimum Gasteiger partial charge on any atom is -0.311 e. The molecule has 0 atom stereocenters. The number of terminal acetylenes is 1. The Hall–Kier alpha value is -1.79. The topological polar surface area (TPSA) is 29.9 Å². The normalized spacial score (nSPS) is 10.6. The second-order valence-electron chi connectivity index (χ2n) is 4.07. The second-order valence-corrected chi connectivity index (χ2v) is 4.07. The number of rotatable bonds is 5. The molecule has 0 radical (unpaired) electrons. The Bertz CT molecular complexity index is 534. The maximum atomic E-state index is 5.21. The van der Waals surface area contributed by atoms with E-state index in [2.05, 4.69) is 28.5 Å². The van der Waals surface area contributed by atoms with Crippen LogP contribution in [-0.4, -0.2) is 16.3 Å². The summed E-state index contributed by atoms with van der Waals surface area (Å²) in [6.07, 6.45) is 7.05. The first-order valence-corrected chi connectivity index (χ1v) is 5.87. The highest BCUT2D eigenvalue weighted by Gasteiger charge is 2.06. The lowest BCUT2D eigenvalue weighted by atomic mass is 10.2. The van der Waals surface area contributed by atoms with Gasteiger partial charge in [-0.2, -0.15) is 5.10 Å². The summed E-state index contributed by atoms with van der Waals surface area (Å²) < 4.78 is 1.92. The SMILES string of the molecule is C#CCCCNCc1nn(C)c2ccccc12. The van der Waals surface area contributed by atoms with Gasteiger partial charge in [-0.25, -0.2) is 0 Å². The molecule has 0 spiro atoms. The first kappa shape index (κ1) is 11.7. The summed E-state index contributed by atoms with van der Waals surface area (Å²) in [5, 5.41) is 9.11. The third-order valence-corrected chi connectivity index (χ3v) is 2.80. The van der Waals surface area contributed by atoms with Crippen molar-refractivity contribution in [1.29, 1.82) is 0 Å². The number of nitrogens with one attached hydrogen (secondary N) is 1. The van der Waals surface area contributed by atoms with Gasteiger partial charge in [0.05, 0.1) is 11.2 Å². The van der Waals surface area contributed by atoms with Crippen LogP contribution in [0.2, 0.25) is 0 Å². The molecule has 0 amide bonds. The van der Waals surface area contributed by atoms with E-state index in [0.717, 1.165) is 31.6 Å². The molecule has 3 nitrogen and oxygen atoms in total. The average molecular weight is 227 g/mol. The van der Waals surface area contributed by atoms with Crippen molar-refractivity contribution < 1.29 is 0 Å². The van der Waals surface area contributed by atoms with Crippen LogP contribution in [-0.2, 0) is 13.6 Å². The van der Waals surface area contributed by atoms with E-state index in [9.17, 15) is 0 Å². The summed E-state index contributed by atoms with van der Waals surface area (Å²) >= 11 is 0. The minimum atomic E-state index is 0.798. The van der Waals surface area contributed by atoms with E-state index in [1.807, 2.05) is 23.9 Å². The maximum Gasteiger partial charge on any atom is 0.0841 e. The molecule has 1 heterocycles. The second kappa shape index (κ2) is 5.51. The summed E-state index contributed by atoms with van der Waals surface area (Å²) in [5.74, 6) is 2.64. The largest absolute Gasteiger partial charge is 0.311 e. The molecule has 1 aromatic heterocycles. The number of hydrogen-bond acceptors (Lipinski definition) is 2. The highest BCUT2D eigenvalue weighted by Crippen LogP contribution is 2.16. The molecular formula is C14H17N3. The third kappa shape index (κ3) is 2.66. The smallest absolute Gasteiger partial charge is 0.0841 e. The number of aromatic nitrogens is 2. The Balaban J connectivity index is 2.02. The number of unbranched alkanes of at least 4 members (excludes halogenated alkanes) is 1. The van der Waals surface area contributed by atoms with Gasteiger partial charge in [-0.05, 0) is 19.0 Å². The van der Waals surface area contributed by atoms with E-state index in [4.69, 9.17) is 6.42 Å². The lowest BCUT2D eigenvalue weighted by molar-refractivity contribution is 0.639.